The molecule has 1 heterocycles. The van der Waals surface area contributed by atoms with Gasteiger partial charge in [-0.25, -0.2) is 4.39 Å². The minimum absolute atomic E-state index is 0.199. The van der Waals surface area contributed by atoms with E-state index in [-0.39, 0.29) is 10.8 Å². The summed E-state index contributed by atoms with van der Waals surface area (Å²) in [6.45, 7) is 7.44. The molecule has 1 atom stereocenters. The molecule has 2 rings (SSSR count). The second-order valence-electron chi connectivity index (χ2n) is 5.20. The van der Waals surface area contributed by atoms with Crippen molar-refractivity contribution >= 4 is 11.6 Å². The van der Waals surface area contributed by atoms with E-state index in [1.807, 2.05) is 0 Å². The van der Waals surface area contributed by atoms with Crippen molar-refractivity contribution in [3.05, 3.63) is 34.6 Å². The van der Waals surface area contributed by atoms with E-state index >= 15 is 0 Å². The molecule has 0 spiro atoms. The van der Waals surface area contributed by atoms with E-state index in [0.29, 0.717) is 12.1 Å². The quantitative estimate of drug-likeness (QED) is 0.905. The third-order valence-corrected chi connectivity index (χ3v) is 3.82. The van der Waals surface area contributed by atoms with E-state index < -0.39 is 0 Å². The highest BCUT2D eigenvalue weighted by atomic mass is 35.5. The first kappa shape index (κ1) is 13.8. The topological polar surface area (TPSA) is 15.3 Å². The number of benzene rings is 1. The smallest absolute Gasteiger partial charge is 0.141 e. The Morgan fingerprint density at radius 1 is 1.50 bits per heavy atom. The molecule has 18 heavy (non-hydrogen) atoms. The normalized spacial score (nSPS) is 20.8. The predicted octanol–water partition coefficient (Wildman–Crippen LogP) is 3.05. The van der Waals surface area contributed by atoms with Crippen LogP contribution in [0, 0.1) is 5.82 Å². The molecule has 1 aliphatic heterocycles. The van der Waals surface area contributed by atoms with Crippen molar-refractivity contribution in [1.29, 1.82) is 0 Å². The summed E-state index contributed by atoms with van der Waals surface area (Å²) in [5, 5.41) is 3.71. The van der Waals surface area contributed by atoms with Gasteiger partial charge in [0.2, 0.25) is 0 Å². The molecule has 1 fully saturated rings. The average Bonchev–Trinajstić information content (AvgIpc) is 2.79. The maximum Gasteiger partial charge on any atom is 0.141 e. The molecule has 100 valence electrons. The highest BCUT2D eigenvalue weighted by Crippen LogP contribution is 2.17. The van der Waals surface area contributed by atoms with Crippen molar-refractivity contribution in [3.8, 4) is 0 Å². The number of halogens is 2. The largest absolute Gasteiger partial charge is 0.309 e. The predicted molar refractivity (Wildman–Crippen MR) is 73.4 cm³/mol. The molecular weight excluding hydrogens is 251 g/mol. The summed E-state index contributed by atoms with van der Waals surface area (Å²) in [7, 11) is 0. The molecule has 0 aromatic heterocycles. The van der Waals surface area contributed by atoms with Crippen LogP contribution in [0.25, 0.3) is 0 Å². The number of likely N-dealkylation sites (tertiary alicyclic amines) is 1. The molecule has 1 saturated heterocycles. The Morgan fingerprint density at radius 2 is 2.28 bits per heavy atom. The average molecular weight is 271 g/mol. The second kappa shape index (κ2) is 6.00. The van der Waals surface area contributed by atoms with Crippen LogP contribution < -0.4 is 5.32 Å². The second-order valence-corrected chi connectivity index (χ2v) is 5.61. The van der Waals surface area contributed by atoms with Crippen LogP contribution in [-0.2, 0) is 6.54 Å². The van der Waals surface area contributed by atoms with Crippen molar-refractivity contribution in [2.24, 2.45) is 0 Å². The van der Waals surface area contributed by atoms with E-state index in [4.69, 9.17) is 11.6 Å². The van der Waals surface area contributed by atoms with Crippen molar-refractivity contribution in [3.63, 3.8) is 0 Å². The standard InChI is InChI=1S/C14H20ClFN2/c1-10(2)18-6-5-12(9-18)17-8-11-3-4-14(16)13(15)7-11/h3-4,7,10,12,17H,5-6,8-9H2,1-2H3. The molecule has 1 unspecified atom stereocenters. The zero-order valence-electron chi connectivity index (χ0n) is 10.9. The van der Waals surface area contributed by atoms with Crippen molar-refractivity contribution in [1.82, 2.24) is 10.2 Å². The fourth-order valence-electron chi connectivity index (χ4n) is 2.33. The highest BCUT2D eigenvalue weighted by molar-refractivity contribution is 6.30. The fourth-order valence-corrected chi connectivity index (χ4v) is 2.54. The summed E-state index contributed by atoms with van der Waals surface area (Å²) in [4.78, 5) is 2.47. The lowest BCUT2D eigenvalue weighted by molar-refractivity contribution is 0.268. The van der Waals surface area contributed by atoms with E-state index in [2.05, 4.69) is 24.1 Å². The van der Waals surface area contributed by atoms with Crippen LogP contribution in [0.5, 0.6) is 0 Å². The molecule has 0 amide bonds. The van der Waals surface area contributed by atoms with Gasteiger partial charge in [0, 0.05) is 25.2 Å². The van der Waals surface area contributed by atoms with Crippen molar-refractivity contribution < 1.29 is 4.39 Å². The van der Waals surface area contributed by atoms with E-state index in [9.17, 15) is 4.39 Å². The maximum atomic E-state index is 13.0. The van der Waals surface area contributed by atoms with Gasteiger partial charge >= 0.3 is 0 Å². The van der Waals surface area contributed by atoms with Gasteiger partial charge < -0.3 is 5.32 Å². The SMILES string of the molecule is CC(C)N1CCC(NCc2ccc(F)c(Cl)c2)C1. The number of rotatable bonds is 4. The molecular formula is C14H20ClFN2. The van der Waals surface area contributed by atoms with Crippen LogP contribution >= 0.6 is 11.6 Å². The Labute approximate surface area is 113 Å². The number of hydrogen-bond acceptors (Lipinski definition) is 2. The first-order chi connectivity index (χ1) is 8.56. The van der Waals surface area contributed by atoms with Crippen LogP contribution in [0.15, 0.2) is 18.2 Å². The van der Waals surface area contributed by atoms with Gasteiger partial charge in [-0.05, 0) is 44.5 Å². The third-order valence-electron chi connectivity index (χ3n) is 3.53. The molecule has 0 bridgehead atoms. The number of hydrogen-bond donors (Lipinski definition) is 1. The summed E-state index contributed by atoms with van der Waals surface area (Å²) < 4.78 is 13.0. The van der Waals surface area contributed by atoms with Gasteiger partial charge in [0.15, 0.2) is 0 Å². The summed E-state index contributed by atoms with van der Waals surface area (Å²) in [5.74, 6) is -0.354. The molecule has 0 aliphatic carbocycles. The monoisotopic (exact) mass is 270 g/mol. The lowest BCUT2D eigenvalue weighted by Gasteiger charge is -2.20. The lowest BCUT2D eigenvalue weighted by Crippen LogP contribution is -2.34. The first-order valence-corrected chi connectivity index (χ1v) is 6.85. The zero-order valence-corrected chi connectivity index (χ0v) is 11.7. The Kier molecular flexibility index (Phi) is 4.60. The summed E-state index contributed by atoms with van der Waals surface area (Å²) >= 11 is 5.76. The lowest BCUT2D eigenvalue weighted by atomic mass is 10.2. The van der Waals surface area contributed by atoms with Gasteiger partial charge in [0.1, 0.15) is 5.82 Å². The number of nitrogens with zero attached hydrogens (tertiary/aromatic N) is 1. The van der Waals surface area contributed by atoms with Crippen molar-refractivity contribution in [2.75, 3.05) is 13.1 Å². The van der Waals surface area contributed by atoms with Crippen LogP contribution in [-0.4, -0.2) is 30.1 Å². The molecule has 4 heteroatoms. The van der Waals surface area contributed by atoms with Gasteiger partial charge in [0.25, 0.3) is 0 Å². The van der Waals surface area contributed by atoms with Gasteiger partial charge in [0.05, 0.1) is 5.02 Å². The van der Waals surface area contributed by atoms with Gasteiger partial charge in [-0.3, -0.25) is 4.90 Å². The molecule has 2 nitrogen and oxygen atoms in total. The summed E-state index contributed by atoms with van der Waals surface area (Å²) in [6.07, 6.45) is 1.17. The Morgan fingerprint density at radius 3 is 2.89 bits per heavy atom. The van der Waals surface area contributed by atoms with Gasteiger partial charge in [-0.2, -0.15) is 0 Å². The molecule has 1 aromatic rings. The van der Waals surface area contributed by atoms with Gasteiger partial charge in [-0.1, -0.05) is 17.7 Å². The van der Waals surface area contributed by atoms with E-state index in [1.54, 1.807) is 12.1 Å². The molecule has 0 radical (unpaired) electrons. The third kappa shape index (κ3) is 3.44. The fraction of sp³-hybridized carbons (Fsp3) is 0.571. The van der Waals surface area contributed by atoms with Crippen LogP contribution in [0.2, 0.25) is 5.02 Å². The Bertz CT molecular complexity index is 409. The van der Waals surface area contributed by atoms with Gasteiger partial charge in [-0.15, -0.1) is 0 Å². The Hall–Kier alpha value is -0.640. The van der Waals surface area contributed by atoms with E-state index in [0.717, 1.165) is 25.2 Å². The maximum absolute atomic E-state index is 13.0. The minimum atomic E-state index is -0.354. The molecule has 1 aromatic carbocycles. The molecule has 0 saturated carbocycles. The van der Waals surface area contributed by atoms with Crippen molar-refractivity contribution in [2.45, 2.75) is 38.9 Å². The van der Waals surface area contributed by atoms with Crippen LogP contribution in [0.1, 0.15) is 25.8 Å². The highest BCUT2D eigenvalue weighted by Gasteiger charge is 2.23. The summed E-state index contributed by atoms with van der Waals surface area (Å²) in [6, 6.07) is 6.03. The first-order valence-electron chi connectivity index (χ1n) is 6.47. The van der Waals surface area contributed by atoms with E-state index in [1.165, 1.54) is 12.5 Å². The van der Waals surface area contributed by atoms with Crippen LogP contribution in [0.3, 0.4) is 0 Å². The minimum Gasteiger partial charge on any atom is -0.309 e. The Balaban J connectivity index is 1.83. The number of nitrogens with one attached hydrogen (secondary N) is 1. The summed E-state index contributed by atoms with van der Waals surface area (Å²) in [5.41, 5.74) is 1.03. The zero-order chi connectivity index (χ0) is 13.1. The molecule has 1 N–H and O–H groups in total. The van der Waals surface area contributed by atoms with Crippen LogP contribution in [0.4, 0.5) is 4.39 Å². The molecule has 1 aliphatic rings.